The molecule has 0 rings (SSSR count). The monoisotopic (exact) mass is 139 g/mol. The summed E-state index contributed by atoms with van der Waals surface area (Å²) in [5.74, 6) is -0.407. The van der Waals surface area contributed by atoms with Crippen molar-refractivity contribution in [3.63, 3.8) is 0 Å². The number of hydroxylamine groups is 1. The van der Waals surface area contributed by atoms with E-state index in [4.69, 9.17) is 10.9 Å². The minimum atomic E-state index is -2.53. The van der Waals surface area contributed by atoms with Crippen LogP contribution in [0.1, 0.15) is 0 Å². The molecular weight excluding hydrogens is 132 g/mol. The Morgan fingerprint density at radius 3 is 2.67 bits per heavy atom. The molecule has 0 amide bonds. The topological polar surface area (TPSA) is 70.6 Å². The molecule has 0 aliphatic rings. The molecule has 0 saturated carbocycles. The van der Waals surface area contributed by atoms with Crippen LogP contribution in [0.25, 0.3) is 0 Å². The molecular formula is C3H7F2N3O. The molecule has 0 saturated heterocycles. The first-order chi connectivity index (χ1) is 4.16. The summed E-state index contributed by atoms with van der Waals surface area (Å²) in [4.78, 5) is 3.03. The van der Waals surface area contributed by atoms with E-state index < -0.39 is 18.9 Å². The zero-order chi connectivity index (χ0) is 7.28. The van der Waals surface area contributed by atoms with Crippen LogP contribution in [0.4, 0.5) is 8.78 Å². The second-order valence-electron chi connectivity index (χ2n) is 1.23. The Labute approximate surface area is 50.3 Å². The number of nitrogens with zero attached hydrogens (tertiary/aromatic N) is 1. The van der Waals surface area contributed by atoms with Crippen LogP contribution in [0.2, 0.25) is 0 Å². The molecule has 6 heteroatoms. The molecule has 54 valence electrons. The van der Waals surface area contributed by atoms with E-state index in [-0.39, 0.29) is 0 Å². The summed E-state index contributed by atoms with van der Waals surface area (Å²) in [6.07, 6.45) is -2.53. The summed E-state index contributed by atoms with van der Waals surface area (Å²) in [6, 6.07) is 0. The van der Waals surface area contributed by atoms with Crippen LogP contribution < -0.4 is 11.2 Å². The lowest BCUT2D eigenvalue weighted by molar-refractivity contribution is 0.157. The number of halogens is 2. The average Bonchev–Trinajstić information content (AvgIpc) is 1.83. The maximum Gasteiger partial charge on any atom is 0.257 e. The molecule has 0 spiro atoms. The molecule has 0 aliphatic heterocycles. The van der Waals surface area contributed by atoms with Crippen molar-refractivity contribution in [2.45, 2.75) is 6.43 Å². The van der Waals surface area contributed by atoms with E-state index in [2.05, 4.69) is 4.99 Å². The van der Waals surface area contributed by atoms with Crippen LogP contribution in [-0.2, 0) is 0 Å². The Morgan fingerprint density at radius 2 is 2.33 bits per heavy atom. The van der Waals surface area contributed by atoms with Gasteiger partial charge in [0.15, 0.2) is 0 Å². The summed E-state index contributed by atoms with van der Waals surface area (Å²) in [6.45, 7) is -0.695. The highest BCUT2D eigenvalue weighted by Gasteiger charge is 1.98. The lowest BCUT2D eigenvalue weighted by atomic mass is 10.7. The number of nitrogens with one attached hydrogen (secondary N) is 1. The van der Waals surface area contributed by atoms with Gasteiger partial charge >= 0.3 is 0 Å². The third-order valence-corrected chi connectivity index (χ3v) is 0.514. The second kappa shape index (κ2) is 4.02. The van der Waals surface area contributed by atoms with Gasteiger partial charge in [0, 0.05) is 0 Å². The van der Waals surface area contributed by atoms with E-state index in [9.17, 15) is 8.78 Å². The first-order valence-electron chi connectivity index (χ1n) is 2.15. The molecule has 0 aromatic heterocycles. The molecule has 9 heavy (non-hydrogen) atoms. The number of aliphatic imine (C=N–C) groups is 1. The van der Waals surface area contributed by atoms with E-state index in [0.29, 0.717) is 0 Å². The molecule has 0 unspecified atom stereocenters. The van der Waals surface area contributed by atoms with Crippen molar-refractivity contribution in [2.24, 2.45) is 10.7 Å². The van der Waals surface area contributed by atoms with Gasteiger partial charge in [-0.15, -0.1) is 0 Å². The van der Waals surface area contributed by atoms with E-state index in [1.807, 2.05) is 0 Å². The third kappa shape index (κ3) is 4.95. The highest BCUT2D eigenvalue weighted by atomic mass is 19.3. The molecule has 0 aromatic rings. The number of alkyl halides is 2. The van der Waals surface area contributed by atoms with Crippen LogP contribution in [0, 0.1) is 0 Å². The summed E-state index contributed by atoms with van der Waals surface area (Å²) < 4.78 is 22.5. The number of rotatable bonds is 2. The van der Waals surface area contributed by atoms with Crippen molar-refractivity contribution in [2.75, 3.05) is 6.54 Å². The summed E-state index contributed by atoms with van der Waals surface area (Å²) in [7, 11) is 0. The number of hydrogen-bond acceptors (Lipinski definition) is 2. The Bertz CT molecular complexity index is 105. The van der Waals surface area contributed by atoms with Gasteiger partial charge in [0.25, 0.3) is 6.43 Å². The Morgan fingerprint density at radius 1 is 1.78 bits per heavy atom. The first-order valence-corrected chi connectivity index (χ1v) is 2.15. The lowest BCUT2D eigenvalue weighted by Crippen LogP contribution is -2.29. The van der Waals surface area contributed by atoms with Crippen LogP contribution in [0.15, 0.2) is 4.99 Å². The molecule has 4 N–H and O–H groups in total. The van der Waals surface area contributed by atoms with Crippen molar-refractivity contribution < 1.29 is 14.0 Å². The van der Waals surface area contributed by atoms with Gasteiger partial charge in [-0.1, -0.05) is 0 Å². The van der Waals surface area contributed by atoms with Crippen molar-refractivity contribution in [3.8, 4) is 0 Å². The van der Waals surface area contributed by atoms with Gasteiger partial charge in [0.2, 0.25) is 5.96 Å². The van der Waals surface area contributed by atoms with Gasteiger partial charge in [-0.25, -0.2) is 19.3 Å². The van der Waals surface area contributed by atoms with Gasteiger partial charge in [0.1, 0.15) is 6.54 Å². The Kier molecular flexibility index (Phi) is 3.61. The van der Waals surface area contributed by atoms with Crippen LogP contribution >= 0.6 is 0 Å². The lowest BCUT2D eigenvalue weighted by Gasteiger charge is -1.95. The van der Waals surface area contributed by atoms with Gasteiger partial charge in [-0.3, -0.25) is 5.21 Å². The predicted molar refractivity (Wildman–Crippen MR) is 27.4 cm³/mol. The summed E-state index contributed by atoms with van der Waals surface area (Å²) >= 11 is 0. The normalized spacial score (nSPS) is 12.2. The number of guanidine groups is 1. The van der Waals surface area contributed by atoms with Crippen molar-refractivity contribution in [1.82, 2.24) is 5.48 Å². The second-order valence-corrected chi connectivity index (χ2v) is 1.23. The maximum absolute atomic E-state index is 11.3. The van der Waals surface area contributed by atoms with Crippen molar-refractivity contribution in [3.05, 3.63) is 0 Å². The number of nitrogens with two attached hydrogens (primary N) is 1. The highest BCUT2D eigenvalue weighted by molar-refractivity contribution is 5.76. The molecule has 0 radical (unpaired) electrons. The quantitative estimate of drug-likeness (QED) is 0.275. The van der Waals surface area contributed by atoms with Crippen LogP contribution in [0.3, 0.4) is 0 Å². The summed E-state index contributed by atoms with van der Waals surface area (Å²) in [5, 5.41) is 7.90. The minimum absolute atomic E-state index is 0.407. The van der Waals surface area contributed by atoms with E-state index in [1.54, 1.807) is 0 Å². The van der Waals surface area contributed by atoms with Gasteiger partial charge in [-0.2, -0.15) is 0 Å². The summed E-state index contributed by atoms with van der Waals surface area (Å²) in [5.41, 5.74) is 6.19. The number of hydrogen-bond donors (Lipinski definition) is 3. The van der Waals surface area contributed by atoms with Crippen molar-refractivity contribution in [1.29, 1.82) is 0 Å². The molecule has 0 heterocycles. The average molecular weight is 139 g/mol. The SMILES string of the molecule is NC(=NCC(F)F)NO. The van der Waals surface area contributed by atoms with Crippen LogP contribution in [-0.4, -0.2) is 24.1 Å². The van der Waals surface area contributed by atoms with Gasteiger partial charge in [-0.05, 0) is 0 Å². The third-order valence-electron chi connectivity index (χ3n) is 0.514. The Hall–Kier alpha value is -0.910. The van der Waals surface area contributed by atoms with E-state index in [1.165, 1.54) is 5.48 Å². The largest absolute Gasteiger partial charge is 0.368 e. The van der Waals surface area contributed by atoms with Gasteiger partial charge < -0.3 is 5.73 Å². The zero-order valence-electron chi connectivity index (χ0n) is 4.51. The van der Waals surface area contributed by atoms with E-state index >= 15 is 0 Å². The fourth-order valence-corrected chi connectivity index (χ4v) is 0.203. The first kappa shape index (κ1) is 8.09. The maximum atomic E-state index is 11.3. The van der Waals surface area contributed by atoms with Crippen molar-refractivity contribution >= 4 is 5.96 Å². The standard InChI is InChI=1S/C3H7F2N3O/c4-2(5)1-7-3(6)8-9/h2,9H,1H2,(H3,6,7,8). The molecule has 0 bridgehead atoms. The predicted octanol–water partition coefficient (Wildman–Crippen LogP) is -0.455. The fraction of sp³-hybridized carbons (Fsp3) is 0.667. The fourth-order valence-electron chi connectivity index (χ4n) is 0.203. The molecule has 0 aromatic carbocycles. The molecule has 0 aliphatic carbocycles. The zero-order valence-corrected chi connectivity index (χ0v) is 4.51. The Balaban J connectivity index is 3.43. The molecule has 0 fully saturated rings. The molecule has 4 nitrogen and oxygen atoms in total. The van der Waals surface area contributed by atoms with E-state index in [0.717, 1.165) is 0 Å². The smallest absolute Gasteiger partial charge is 0.257 e. The highest BCUT2D eigenvalue weighted by Crippen LogP contribution is 1.90. The molecule has 0 atom stereocenters. The van der Waals surface area contributed by atoms with Gasteiger partial charge in [0.05, 0.1) is 0 Å². The van der Waals surface area contributed by atoms with Crippen LogP contribution in [0.5, 0.6) is 0 Å². The minimum Gasteiger partial charge on any atom is -0.368 e.